The summed E-state index contributed by atoms with van der Waals surface area (Å²) < 4.78 is 1.14. The highest BCUT2D eigenvalue weighted by Crippen LogP contribution is 2.23. The highest BCUT2D eigenvalue weighted by molar-refractivity contribution is 5.46. The molecule has 0 amide bonds. The molecule has 1 aromatic heterocycles. The molecule has 0 spiro atoms. The van der Waals surface area contributed by atoms with E-state index in [9.17, 15) is 9.59 Å². The predicted molar refractivity (Wildman–Crippen MR) is 106 cm³/mol. The molecule has 25 heavy (non-hydrogen) atoms. The zero-order valence-corrected chi connectivity index (χ0v) is 16.0. The summed E-state index contributed by atoms with van der Waals surface area (Å²) in [5.74, 6) is 0. The molecule has 0 aliphatic heterocycles. The summed E-state index contributed by atoms with van der Waals surface area (Å²) in [7, 11) is 0. The van der Waals surface area contributed by atoms with Gasteiger partial charge in [-0.15, -0.1) is 0 Å². The van der Waals surface area contributed by atoms with Gasteiger partial charge in [-0.1, -0.05) is 53.7 Å². The zero-order chi connectivity index (χ0) is 19.2. The number of anilines is 1. The topological polar surface area (TPSA) is 80.9 Å². The molecule has 3 N–H and O–H groups in total. The van der Waals surface area contributed by atoms with Gasteiger partial charge in [0.1, 0.15) is 0 Å². The van der Waals surface area contributed by atoms with Crippen molar-refractivity contribution in [3.63, 3.8) is 0 Å². The molecule has 1 aromatic carbocycles. The molecule has 5 nitrogen and oxygen atoms in total. The summed E-state index contributed by atoms with van der Waals surface area (Å²) in [6, 6.07) is 6.66. The average molecular weight is 343 g/mol. The molecular weight excluding hydrogens is 314 g/mol. The average Bonchev–Trinajstić information content (AvgIpc) is 2.61. The van der Waals surface area contributed by atoms with E-state index in [1.165, 1.54) is 0 Å². The molecule has 1 aliphatic rings. The monoisotopic (exact) mass is 343 g/mol. The van der Waals surface area contributed by atoms with E-state index in [1.54, 1.807) is 24.3 Å². The van der Waals surface area contributed by atoms with E-state index in [0.29, 0.717) is 21.9 Å². The Balaban J connectivity index is 0.000000730. The van der Waals surface area contributed by atoms with Crippen LogP contribution in [0.25, 0.3) is 17.8 Å². The van der Waals surface area contributed by atoms with Gasteiger partial charge in [0.05, 0.1) is 16.3 Å². The second-order valence-electron chi connectivity index (χ2n) is 6.03. The van der Waals surface area contributed by atoms with E-state index in [4.69, 9.17) is 5.73 Å². The number of nitrogens with zero attached hydrogens (tertiary/aromatic N) is 1. The number of aromatic nitrogens is 2. The van der Waals surface area contributed by atoms with Gasteiger partial charge in [0, 0.05) is 5.69 Å². The Labute approximate surface area is 148 Å². The lowest BCUT2D eigenvalue weighted by molar-refractivity contribution is 0.531. The van der Waals surface area contributed by atoms with Crippen LogP contribution in [0.15, 0.2) is 33.9 Å². The van der Waals surface area contributed by atoms with Gasteiger partial charge in [0.25, 0.3) is 5.56 Å². The number of H-pyrrole nitrogens is 1. The van der Waals surface area contributed by atoms with E-state index in [-0.39, 0.29) is 11.0 Å². The normalized spacial score (nSPS) is 13.7. The molecule has 2 aromatic rings. The lowest BCUT2D eigenvalue weighted by Gasteiger charge is -2.20. The number of nitrogen functional groups attached to an aromatic ring is 1. The second kappa shape index (κ2) is 8.51. The molecule has 0 fully saturated rings. The molecule has 136 valence electrons. The van der Waals surface area contributed by atoms with Gasteiger partial charge in [0.15, 0.2) is 0 Å². The quantitative estimate of drug-likeness (QED) is 0.779. The Kier molecular flexibility index (Phi) is 6.97. The number of rotatable bonds is 1. The number of hydrogen-bond acceptors (Lipinski definition) is 3. The zero-order valence-electron chi connectivity index (χ0n) is 16.0. The fraction of sp³-hybridized carbons (Fsp3) is 0.400. The van der Waals surface area contributed by atoms with Crippen molar-refractivity contribution in [2.24, 2.45) is 5.41 Å². The first-order valence-electron chi connectivity index (χ1n) is 8.82. The maximum atomic E-state index is 12.7. The van der Waals surface area contributed by atoms with Crippen molar-refractivity contribution >= 4 is 17.8 Å². The van der Waals surface area contributed by atoms with Crippen LogP contribution in [-0.2, 0) is 0 Å². The van der Waals surface area contributed by atoms with Gasteiger partial charge in [0.2, 0.25) is 0 Å². The summed E-state index contributed by atoms with van der Waals surface area (Å²) in [6.07, 6.45) is 4.63. The number of hydrogen-bond donors (Lipinski definition) is 2. The molecule has 0 radical (unpaired) electrons. The molecule has 5 heteroatoms. The largest absolute Gasteiger partial charge is 0.399 e. The lowest BCUT2D eigenvalue weighted by Crippen LogP contribution is -2.54. The molecule has 1 heterocycles. The van der Waals surface area contributed by atoms with Gasteiger partial charge in [-0.2, -0.15) is 0 Å². The highest BCUT2D eigenvalue weighted by Gasteiger charge is 2.18. The van der Waals surface area contributed by atoms with E-state index in [2.05, 4.69) is 18.8 Å². The number of nitrogens with one attached hydrogen (secondary N) is 1. The van der Waals surface area contributed by atoms with Gasteiger partial charge < -0.3 is 10.7 Å². The van der Waals surface area contributed by atoms with Crippen molar-refractivity contribution in [2.75, 3.05) is 5.73 Å². The summed E-state index contributed by atoms with van der Waals surface area (Å²) in [4.78, 5) is 27.6. The maximum absolute atomic E-state index is 12.7. The van der Waals surface area contributed by atoms with Gasteiger partial charge in [-0.05, 0) is 36.1 Å². The van der Waals surface area contributed by atoms with Crippen LogP contribution in [0.3, 0.4) is 0 Å². The van der Waals surface area contributed by atoms with Crippen molar-refractivity contribution in [1.82, 2.24) is 9.55 Å². The lowest BCUT2D eigenvalue weighted by atomic mass is 9.86. The fourth-order valence-corrected chi connectivity index (χ4v) is 2.54. The van der Waals surface area contributed by atoms with Crippen LogP contribution in [0.2, 0.25) is 0 Å². The van der Waals surface area contributed by atoms with Crippen molar-refractivity contribution < 1.29 is 0 Å². The molecular formula is C20H29N3O2. The van der Waals surface area contributed by atoms with Crippen LogP contribution in [0.4, 0.5) is 5.69 Å². The van der Waals surface area contributed by atoms with Crippen molar-refractivity contribution in [1.29, 1.82) is 0 Å². The highest BCUT2D eigenvalue weighted by atomic mass is 16.2. The number of aromatic amines is 1. The van der Waals surface area contributed by atoms with Crippen LogP contribution < -0.4 is 27.6 Å². The Morgan fingerprint density at radius 3 is 2.16 bits per heavy atom. The summed E-state index contributed by atoms with van der Waals surface area (Å²) in [5, 5.41) is 1.15. The molecule has 1 aliphatic carbocycles. The van der Waals surface area contributed by atoms with Gasteiger partial charge >= 0.3 is 5.69 Å². The molecule has 0 unspecified atom stereocenters. The first kappa shape index (κ1) is 20.5. The molecule has 0 saturated carbocycles. The first-order chi connectivity index (χ1) is 11.9. The third-order valence-electron chi connectivity index (χ3n) is 3.69. The SMILES string of the molecule is CC.CC.CC1(C)C=c2c([nH]c(=O)n(-c3ccc(N)cc3)c2=O)=CC1. The van der Waals surface area contributed by atoms with Crippen LogP contribution in [0, 0.1) is 5.41 Å². The van der Waals surface area contributed by atoms with E-state index in [0.717, 1.165) is 11.0 Å². The third-order valence-corrected chi connectivity index (χ3v) is 3.69. The van der Waals surface area contributed by atoms with E-state index >= 15 is 0 Å². The molecule has 3 rings (SSSR count). The first-order valence-corrected chi connectivity index (χ1v) is 8.82. The third kappa shape index (κ3) is 4.50. The van der Waals surface area contributed by atoms with E-state index in [1.807, 2.05) is 39.8 Å². The molecule has 0 saturated heterocycles. The Hall–Kier alpha value is -2.56. The van der Waals surface area contributed by atoms with Crippen LogP contribution in [0.5, 0.6) is 0 Å². The minimum absolute atomic E-state index is 0.0939. The Morgan fingerprint density at radius 2 is 1.60 bits per heavy atom. The smallest absolute Gasteiger partial charge is 0.333 e. The maximum Gasteiger partial charge on any atom is 0.333 e. The second-order valence-corrected chi connectivity index (χ2v) is 6.03. The summed E-state index contributed by atoms with van der Waals surface area (Å²) in [6.45, 7) is 12.1. The number of fused-ring (bicyclic) bond motifs is 1. The van der Waals surface area contributed by atoms with Crippen molar-refractivity contribution in [3.05, 3.63) is 55.7 Å². The standard InChI is InChI=1S/C16H17N3O2.2C2H6/c1-16(2)8-7-13-12(9-16)14(20)19(15(21)18-13)11-5-3-10(17)4-6-11;2*1-2/h3-7,9H,8,17H2,1-2H3,(H,18,21);2*1-2H3. The Bertz CT molecular complexity index is 933. The summed E-state index contributed by atoms with van der Waals surface area (Å²) >= 11 is 0. The number of nitrogens with two attached hydrogens (primary N) is 1. The van der Waals surface area contributed by atoms with Gasteiger partial charge in [-0.25, -0.2) is 9.36 Å². The molecule has 0 bridgehead atoms. The molecule has 0 atom stereocenters. The van der Waals surface area contributed by atoms with Gasteiger partial charge in [-0.3, -0.25) is 4.79 Å². The predicted octanol–water partition coefficient (Wildman–Crippen LogP) is 2.15. The minimum atomic E-state index is -0.437. The van der Waals surface area contributed by atoms with Crippen LogP contribution in [-0.4, -0.2) is 9.55 Å². The summed E-state index contributed by atoms with van der Waals surface area (Å²) in [5.41, 5.74) is 5.90. The Morgan fingerprint density at radius 1 is 1.04 bits per heavy atom. The van der Waals surface area contributed by atoms with Crippen LogP contribution >= 0.6 is 0 Å². The van der Waals surface area contributed by atoms with Crippen molar-refractivity contribution in [2.45, 2.75) is 48.0 Å². The fourth-order valence-electron chi connectivity index (χ4n) is 2.54. The number of benzene rings is 1. The van der Waals surface area contributed by atoms with Crippen LogP contribution in [0.1, 0.15) is 48.0 Å². The van der Waals surface area contributed by atoms with Crippen molar-refractivity contribution in [3.8, 4) is 5.69 Å². The van der Waals surface area contributed by atoms with E-state index < -0.39 is 5.69 Å². The minimum Gasteiger partial charge on any atom is -0.399 e.